The highest BCUT2D eigenvalue weighted by molar-refractivity contribution is 5.69. The van der Waals surface area contributed by atoms with E-state index in [0.29, 0.717) is 5.82 Å². The van der Waals surface area contributed by atoms with Crippen molar-refractivity contribution in [2.45, 2.75) is 6.92 Å². The molecule has 0 aliphatic rings. The molecule has 0 saturated carbocycles. The molecule has 7 nitrogen and oxygen atoms in total. The first-order valence-electron chi connectivity index (χ1n) is 3.56. The molecule has 0 unspecified atom stereocenters. The number of hydrogen-bond acceptors (Lipinski definition) is 4. The van der Waals surface area contributed by atoms with Crippen molar-refractivity contribution in [3.63, 3.8) is 0 Å². The van der Waals surface area contributed by atoms with Gasteiger partial charge in [-0.25, -0.2) is 14.5 Å². The van der Waals surface area contributed by atoms with E-state index in [-0.39, 0.29) is 11.2 Å². The standard InChI is InChI=1S/C6H7N5O2/c1-2-8-3-4(11(2)7)9-6(13)10-5(3)12/h7H2,1H3,(H2,9,10,12,13). The number of fused-ring (bicyclic) bond motifs is 1. The van der Waals surface area contributed by atoms with Crippen LogP contribution in [0.1, 0.15) is 5.82 Å². The molecule has 7 heteroatoms. The summed E-state index contributed by atoms with van der Waals surface area (Å²) in [6.07, 6.45) is 0. The molecule has 0 aromatic carbocycles. The van der Waals surface area contributed by atoms with Gasteiger partial charge in [-0.2, -0.15) is 0 Å². The fourth-order valence-corrected chi connectivity index (χ4v) is 1.12. The zero-order chi connectivity index (χ0) is 9.59. The number of nitrogens with zero attached hydrogens (tertiary/aromatic N) is 2. The van der Waals surface area contributed by atoms with Crippen LogP contribution in [0.15, 0.2) is 9.59 Å². The van der Waals surface area contributed by atoms with E-state index in [2.05, 4.69) is 15.0 Å². The first-order chi connectivity index (χ1) is 6.09. The summed E-state index contributed by atoms with van der Waals surface area (Å²) in [7, 11) is 0. The molecule has 13 heavy (non-hydrogen) atoms. The van der Waals surface area contributed by atoms with E-state index in [4.69, 9.17) is 5.84 Å². The molecule has 0 amide bonds. The molecule has 0 fully saturated rings. The molecule has 0 bridgehead atoms. The van der Waals surface area contributed by atoms with Crippen LogP contribution in [0.3, 0.4) is 0 Å². The summed E-state index contributed by atoms with van der Waals surface area (Å²) in [5, 5.41) is 0. The van der Waals surface area contributed by atoms with Gasteiger partial charge in [0.05, 0.1) is 0 Å². The fourth-order valence-electron chi connectivity index (χ4n) is 1.12. The number of aromatic nitrogens is 4. The van der Waals surface area contributed by atoms with Gasteiger partial charge in [0, 0.05) is 0 Å². The number of nitrogen functional groups attached to an aromatic ring is 1. The molecule has 2 aromatic heterocycles. The summed E-state index contributed by atoms with van der Waals surface area (Å²) in [4.78, 5) is 30.3. The fraction of sp³-hybridized carbons (Fsp3) is 0.167. The Bertz CT molecular complexity index is 575. The van der Waals surface area contributed by atoms with Gasteiger partial charge in [-0.05, 0) is 6.92 Å². The number of nitrogens with two attached hydrogens (primary N) is 1. The first-order valence-corrected chi connectivity index (χ1v) is 3.56. The second-order valence-corrected chi connectivity index (χ2v) is 2.63. The summed E-state index contributed by atoms with van der Waals surface area (Å²) in [5.41, 5.74) is -0.763. The summed E-state index contributed by atoms with van der Waals surface area (Å²) in [5.74, 6) is 5.97. The monoisotopic (exact) mass is 181 g/mol. The Morgan fingerprint density at radius 1 is 1.38 bits per heavy atom. The Labute approximate surface area is 71.2 Å². The third kappa shape index (κ3) is 0.934. The molecule has 0 aliphatic heterocycles. The van der Waals surface area contributed by atoms with Gasteiger partial charge in [0.25, 0.3) is 5.56 Å². The van der Waals surface area contributed by atoms with Crippen LogP contribution in [0, 0.1) is 6.92 Å². The van der Waals surface area contributed by atoms with E-state index in [0.717, 1.165) is 4.68 Å². The van der Waals surface area contributed by atoms with Crippen LogP contribution in [-0.2, 0) is 0 Å². The summed E-state index contributed by atoms with van der Waals surface area (Å²) in [6, 6.07) is 0. The van der Waals surface area contributed by atoms with E-state index in [1.54, 1.807) is 6.92 Å². The Balaban J connectivity index is 3.12. The predicted molar refractivity (Wildman–Crippen MR) is 45.9 cm³/mol. The van der Waals surface area contributed by atoms with Gasteiger partial charge < -0.3 is 5.84 Å². The van der Waals surface area contributed by atoms with Crippen LogP contribution in [0.25, 0.3) is 11.2 Å². The van der Waals surface area contributed by atoms with Crippen LogP contribution in [-0.4, -0.2) is 19.6 Å². The van der Waals surface area contributed by atoms with Crippen LogP contribution in [0.5, 0.6) is 0 Å². The second-order valence-electron chi connectivity index (χ2n) is 2.63. The predicted octanol–water partition coefficient (Wildman–Crippen LogP) is -1.56. The van der Waals surface area contributed by atoms with E-state index in [9.17, 15) is 9.59 Å². The normalized spacial score (nSPS) is 10.8. The second kappa shape index (κ2) is 2.22. The lowest BCUT2D eigenvalue weighted by Gasteiger charge is -1.93. The third-order valence-corrected chi connectivity index (χ3v) is 1.76. The van der Waals surface area contributed by atoms with E-state index in [1.807, 2.05) is 0 Å². The van der Waals surface area contributed by atoms with Gasteiger partial charge >= 0.3 is 5.69 Å². The maximum Gasteiger partial charge on any atom is 0.327 e. The molecule has 0 radical (unpaired) electrons. The SMILES string of the molecule is Cc1nc2c(=O)[nH]c(=O)[nH]c2n1N. The minimum absolute atomic E-state index is 0.139. The largest absolute Gasteiger partial charge is 0.336 e. The first kappa shape index (κ1) is 7.59. The van der Waals surface area contributed by atoms with Gasteiger partial charge in [0.15, 0.2) is 11.2 Å². The lowest BCUT2D eigenvalue weighted by molar-refractivity contribution is 0.933. The van der Waals surface area contributed by atoms with E-state index in [1.165, 1.54) is 0 Å². The van der Waals surface area contributed by atoms with Crippen molar-refractivity contribution < 1.29 is 0 Å². The van der Waals surface area contributed by atoms with E-state index < -0.39 is 11.2 Å². The van der Waals surface area contributed by atoms with Crippen LogP contribution >= 0.6 is 0 Å². The Kier molecular flexibility index (Phi) is 1.30. The average molecular weight is 181 g/mol. The van der Waals surface area contributed by atoms with Crippen molar-refractivity contribution >= 4 is 11.2 Å². The van der Waals surface area contributed by atoms with Crippen molar-refractivity contribution in [2.24, 2.45) is 0 Å². The summed E-state index contributed by atoms with van der Waals surface area (Å²) >= 11 is 0. The maximum absolute atomic E-state index is 11.2. The Hall–Kier alpha value is -2.05. The van der Waals surface area contributed by atoms with Crippen LogP contribution < -0.4 is 17.1 Å². The molecule has 0 atom stereocenters. The number of aromatic amines is 2. The van der Waals surface area contributed by atoms with Crippen molar-refractivity contribution in [1.29, 1.82) is 0 Å². The molecule has 2 aromatic rings. The zero-order valence-corrected chi connectivity index (χ0v) is 6.79. The minimum atomic E-state index is -0.593. The van der Waals surface area contributed by atoms with Crippen LogP contribution in [0.4, 0.5) is 0 Å². The Morgan fingerprint density at radius 2 is 2.08 bits per heavy atom. The number of aryl methyl sites for hydroxylation is 1. The van der Waals surface area contributed by atoms with Gasteiger partial charge in [-0.15, -0.1) is 0 Å². The number of rotatable bonds is 0. The average Bonchev–Trinajstić information content (AvgIpc) is 2.32. The Morgan fingerprint density at radius 3 is 2.77 bits per heavy atom. The number of imidazole rings is 1. The minimum Gasteiger partial charge on any atom is -0.336 e. The van der Waals surface area contributed by atoms with Crippen molar-refractivity contribution in [3.8, 4) is 0 Å². The highest BCUT2D eigenvalue weighted by atomic mass is 16.2. The van der Waals surface area contributed by atoms with Gasteiger partial charge in [0.2, 0.25) is 0 Å². The molecular weight excluding hydrogens is 174 g/mol. The number of H-pyrrole nitrogens is 2. The molecule has 0 aliphatic carbocycles. The molecule has 2 rings (SSSR count). The smallest absolute Gasteiger partial charge is 0.327 e. The van der Waals surface area contributed by atoms with Gasteiger partial charge in [0.1, 0.15) is 5.82 Å². The quantitative estimate of drug-likeness (QED) is 0.426. The number of hydrogen-bond donors (Lipinski definition) is 3. The van der Waals surface area contributed by atoms with Crippen molar-refractivity contribution in [3.05, 3.63) is 26.7 Å². The third-order valence-electron chi connectivity index (χ3n) is 1.76. The topological polar surface area (TPSA) is 110 Å². The van der Waals surface area contributed by atoms with E-state index >= 15 is 0 Å². The summed E-state index contributed by atoms with van der Waals surface area (Å²) < 4.78 is 1.16. The summed E-state index contributed by atoms with van der Waals surface area (Å²) in [6.45, 7) is 1.64. The van der Waals surface area contributed by atoms with Gasteiger partial charge in [-0.3, -0.25) is 14.8 Å². The molecular formula is C6H7N5O2. The van der Waals surface area contributed by atoms with Gasteiger partial charge in [-0.1, -0.05) is 0 Å². The molecule has 0 saturated heterocycles. The molecule has 68 valence electrons. The zero-order valence-electron chi connectivity index (χ0n) is 6.79. The highest BCUT2D eigenvalue weighted by Crippen LogP contribution is 2.02. The van der Waals surface area contributed by atoms with Crippen LogP contribution in [0.2, 0.25) is 0 Å². The number of nitrogens with one attached hydrogen (secondary N) is 2. The molecule has 4 N–H and O–H groups in total. The maximum atomic E-state index is 11.2. The van der Waals surface area contributed by atoms with Crippen molar-refractivity contribution in [1.82, 2.24) is 19.6 Å². The lowest BCUT2D eigenvalue weighted by Crippen LogP contribution is -2.23. The molecule has 0 spiro atoms. The lowest BCUT2D eigenvalue weighted by atomic mass is 10.5. The van der Waals surface area contributed by atoms with Crippen molar-refractivity contribution in [2.75, 3.05) is 5.84 Å². The highest BCUT2D eigenvalue weighted by Gasteiger charge is 2.08. The molecule has 2 heterocycles.